The average molecular weight is 443 g/mol. The largest absolute Gasteiger partial charge is 0.333 e. The molecular formula is C22H26N4O4S. The van der Waals surface area contributed by atoms with Gasteiger partial charge < -0.3 is 0 Å². The minimum absolute atomic E-state index is 0.156. The van der Waals surface area contributed by atoms with Crippen LogP contribution < -0.4 is 4.90 Å². The lowest BCUT2D eigenvalue weighted by Gasteiger charge is -2.35. The van der Waals surface area contributed by atoms with Crippen LogP contribution in [0.4, 0.5) is 10.5 Å². The first kappa shape index (κ1) is 21.5. The molecule has 2 saturated heterocycles. The van der Waals surface area contributed by atoms with E-state index in [4.69, 9.17) is 0 Å². The summed E-state index contributed by atoms with van der Waals surface area (Å²) in [5.74, 6) is -0.245. The van der Waals surface area contributed by atoms with Gasteiger partial charge in [-0.3, -0.25) is 14.6 Å². The van der Waals surface area contributed by atoms with Gasteiger partial charge in [0.25, 0.3) is 5.91 Å². The van der Waals surface area contributed by atoms with Crippen LogP contribution in [0.5, 0.6) is 0 Å². The molecule has 4 rings (SSSR count). The number of nitrogens with zero attached hydrogens (tertiary/aromatic N) is 4. The van der Waals surface area contributed by atoms with Crippen molar-refractivity contribution in [3.63, 3.8) is 0 Å². The van der Waals surface area contributed by atoms with Gasteiger partial charge in [-0.2, -0.15) is 4.31 Å². The molecule has 2 aliphatic rings. The lowest BCUT2D eigenvalue weighted by atomic mass is 10.2. The number of carbonyl (C=O) groups is 2. The fraction of sp³-hybridized carbons (Fsp3) is 0.364. The predicted octanol–water partition coefficient (Wildman–Crippen LogP) is 2.12. The number of urea groups is 1. The van der Waals surface area contributed by atoms with Crippen molar-refractivity contribution < 1.29 is 18.0 Å². The topological polar surface area (TPSA) is 81.2 Å². The summed E-state index contributed by atoms with van der Waals surface area (Å²) >= 11 is 0. The first-order valence-corrected chi connectivity index (χ1v) is 11.7. The van der Waals surface area contributed by atoms with E-state index in [1.165, 1.54) is 14.1 Å². The quantitative estimate of drug-likeness (QED) is 0.663. The third-order valence-corrected chi connectivity index (χ3v) is 7.73. The zero-order chi connectivity index (χ0) is 22.2. The molecular weight excluding hydrogens is 416 g/mol. The average Bonchev–Trinajstić information content (AvgIpc) is 2.99. The van der Waals surface area contributed by atoms with Crippen LogP contribution in [0.15, 0.2) is 59.5 Å². The van der Waals surface area contributed by atoms with Gasteiger partial charge in [0.2, 0.25) is 10.0 Å². The van der Waals surface area contributed by atoms with Crippen molar-refractivity contribution >= 4 is 27.6 Å². The van der Waals surface area contributed by atoms with Gasteiger partial charge in [-0.25, -0.2) is 18.1 Å². The molecule has 2 fully saturated rings. The summed E-state index contributed by atoms with van der Waals surface area (Å²) in [4.78, 5) is 30.8. The van der Waals surface area contributed by atoms with Crippen molar-refractivity contribution in [1.82, 2.24) is 14.1 Å². The van der Waals surface area contributed by atoms with Crippen molar-refractivity contribution in [3.05, 3.63) is 60.2 Å². The van der Waals surface area contributed by atoms with Gasteiger partial charge in [0.1, 0.15) is 6.04 Å². The van der Waals surface area contributed by atoms with Crippen LogP contribution in [-0.2, 0) is 14.8 Å². The molecule has 31 heavy (non-hydrogen) atoms. The Kier molecular flexibility index (Phi) is 5.83. The number of amides is 3. The second-order valence-corrected chi connectivity index (χ2v) is 9.84. The van der Waals surface area contributed by atoms with Crippen LogP contribution >= 0.6 is 0 Å². The van der Waals surface area contributed by atoms with Crippen LogP contribution in [0.2, 0.25) is 0 Å². The van der Waals surface area contributed by atoms with Gasteiger partial charge in [0.15, 0.2) is 0 Å². The molecule has 0 bridgehead atoms. The van der Waals surface area contributed by atoms with Crippen molar-refractivity contribution in [2.45, 2.75) is 24.8 Å². The van der Waals surface area contributed by atoms with Crippen LogP contribution in [0.1, 0.15) is 12.5 Å². The number of anilines is 1. The summed E-state index contributed by atoms with van der Waals surface area (Å²) in [6.07, 6.45) is 0. The summed E-state index contributed by atoms with van der Waals surface area (Å²) in [5, 5.41) is 0. The molecule has 8 nitrogen and oxygen atoms in total. The number of aryl methyl sites for hydroxylation is 1. The Hall–Kier alpha value is -2.75. The number of sulfonamides is 1. The number of benzene rings is 2. The van der Waals surface area contributed by atoms with E-state index in [2.05, 4.69) is 0 Å². The molecule has 0 aromatic heterocycles. The fourth-order valence-corrected chi connectivity index (χ4v) is 5.39. The van der Waals surface area contributed by atoms with Crippen molar-refractivity contribution in [2.24, 2.45) is 0 Å². The molecule has 0 aliphatic carbocycles. The van der Waals surface area contributed by atoms with Gasteiger partial charge in [0.05, 0.1) is 11.6 Å². The highest BCUT2D eigenvalue weighted by molar-refractivity contribution is 7.89. The molecule has 0 N–H and O–H groups in total. The van der Waals surface area contributed by atoms with Crippen molar-refractivity contribution in [3.8, 4) is 0 Å². The Labute approximate surface area is 182 Å². The van der Waals surface area contributed by atoms with Gasteiger partial charge in [-0.05, 0) is 38.1 Å². The van der Waals surface area contributed by atoms with E-state index in [0.29, 0.717) is 31.9 Å². The third-order valence-electron chi connectivity index (χ3n) is 5.81. The van der Waals surface area contributed by atoms with E-state index in [1.807, 2.05) is 36.1 Å². The predicted molar refractivity (Wildman–Crippen MR) is 117 cm³/mol. The lowest BCUT2D eigenvalue weighted by Crippen LogP contribution is -2.52. The van der Waals surface area contributed by atoms with Gasteiger partial charge >= 0.3 is 6.03 Å². The maximum atomic E-state index is 13.0. The highest BCUT2D eigenvalue weighted by Crippen LogP contribution is 2.26. The number of hydrogen-bond acceptors (Lipinski definition) is 5. The highest BCUT2D eigenvalue weighted by Gasteiger charge is 2.44. The summed E-state index contributed by atoms with van der Waals surface area (Å²) in [6.45, 7) is 5.36. The highest BCUT2D eigenvalue weighted by atomic mass is 32.2. The molecule has 2 aromatic carbocycles. The minimum Gasteiger partial charge on any atom is -0.283 e. The summed E-state index contributed by atoms with van der Waals surface area (Å²) in [5.41, 5.74) is 1.77. The molecule has 0 saturated carbocycles. The van der Waals surface area contributed by atoms with Crippen LogP contribution in [0.25, 0.3) is 0 Å². The van der Waals surface area contributed by atoms with Gasteiger partial charge in [0, 0.05) is 31.9 Å². The zero-order valence-corrected chi connectivity index (χ0v) is 18.5. The molecule has 0 radical (unpaired) electrons. The standard InChI is InChI=1S/C22H26N4O4S/c1-17-8-10-19(11-9-17)26-18(2)21(27)25(22(26)28)16-23-12-14-24(15-13-23)31(29,30)20-6-4-3-5-7-20/h3-11,18H,12-16H2,1-2H3/t18-/m0/s1. The Balaban J connectivity index is 1.41. The monoisotopic (exact) mass is 442 g/mol. The second-order valence-electron chi connectivity index (χ2n) is 7.91. The summed E-state index contributed by atoms with van der Waals surface area (Å²) in [6, 6.07) is 14.9. The molecule has 3 amide bonds. The number of piperazine rings is 1. The summed E-state index contributed by atoms with van der Waals surface area (Å²) < 4.78 is 27.0. The van der Waals surface area contributed by atoms with Gasteiger partial charge in [-0.1, -0.05) is 35.9 Å². The second kappa shape index (κ2) is 8.41. The molecule has 164 valence electrons. The zero-order valence-electron chi connectivity index (χ0n) is 17.6. The maximum Gasteiger partial charge on any atom is 0.333 e. The molecule has 2 aromatic rings. The summed E-state index contributed by atoms with van der Waals surface area (Å²) in [7, 11) is -3.54. The van der Waals surface area contributed by atoms with E-state index in [-0.39, 0.29) is 23.5 Å². The Morgan fingerprint density at radius 3 is 2.13 bits per heavy atom. The van der Waals surface area contributed by atoms with E-state index in [0.717, 1.165) is 5.56 Å². The van der Waals surface area contributed by atoms with E-state index < -0.39 is 16.1 Å². The number of rotatable bonds is 5. The molecule has 0 spiro atoms. The van der Waals surface area contributed by atoms with E-state index in [9.17, 15) is 18.0 Å². The van der Waals surface area contributed by atoms with Crippen LogP contribution in [-0.4, -0.2) is 73.4 Å². The molecule has 2 aliphatic heterocycles. The lowest BCUT2D eigenvalue weighted by molar-refractivity contribution is -0.128. The van der Waals surface area contributed by atoms with Crippen LogP contribution in [0, 0.1) is 6.92 Å². The minimum atomic E-state index is -3.54. The maximum absolute atomic E-state index is 13.0. The first-order chi connectivity index (χ1) is 14.8. The smallest absolute Gasteiger partial charge is 0.283 e. The third kappa shape index (κ3) is 4.08. The van der Waals surface area contributed by atoms with Crippen molar-refractivity contribution in [1.29, 1.82) is 0 Å². The fourth-order valence-electron chi connectivity index (χ4n) is 3.95. The molecule has 0 unspecified atom stereocenters. The molecule has 2 heterocycles. The molecule has 9 heteroatoms. The Morgan fingerprint density at radius 2 is 1.52 bits per heavy atom. The Morgan fingerprint density at radius 1 is 0.903 bits per heavy atom. The first-order valence-electron chi connectivity index (χ1n) is 10.3. The molecule has 1 atom stereocenters. The number of imide groups is 1. The van der Waals surface area contributed by atoms with Crippen LogP contribution in [0.3, 0.4) is 0 Å². The van der Waals surface area contributed by atoms with Gasteiger partial charge in [-0.15, -0.1) is 0 Å². The number of carbonyl (C=O) groups excluding carboxylic acids is 2. The van der Waals surface area contributed by atoms with E-state index >= 15 is 0 Å². The Bertz CT molecular complexity index is 1060. The number of hydrogen-bond donors (Lipinski definition) is 0. The van der Waals surface area contributed by atoms with Crippen molar-refractivity contribution in [2.75, 3.05) is 37.7 Å². The van der Waals surface area contributed by atoms with E-state index in [1.54, 1.807) is 37.3 Å². The normalized spacial score (nSPS) is 21.2. The SMILES string of the molecule is Cc1ccc(N2C(=O)N(CN3CCN(S(=O)(=O)c4ccccc4)CC3)C(=O)[C@@H]2C)cc1.